The molecule has 4 nitrogen and oxygen atoms in total. The molecule has 0 aliphatic rings. The van der Waals surface area contributed by atoms with Gasteiger partial charge in [0.1, 0.15) is 5.75 Å². The van der Waals surface area contributed by atoms with Gasteiger partial charge in [-0.25, -0.2) is 0 Å². The van der Waals surface area contributed by atoms with E-state index in [0.29, 0.717) is 18.1 Å². The van der Waals surface area contributed by atoms with Crippen molar-refractivity contribution in [3.63, 3.8) is 0 Å². The first-order valence-corrected chi connectivity index (χ1v) is 5.89. The molecule has 1 atom stereocenters. The highest BCUT2D eigenvalue weighted by atomic mass is 32.1. The summed E-state index contributed by atoms with van der Waals surface area (Å²) in [7, 11) is 0. The Morgan fingerprint density at radius 2 is 2.29 bits per heavy atom. The van der Waals surface area contributed by atoms with Crippen molar-refractivity contribution < 1.29 is 14.1 Å². The van der Waals surface area contributed by atoms with Crippen molar-refractivity contribution >= 4 is 18.3 Å². The van der Waals surface area contributed by atoms with Crippen LogP contribution in [0.3, 0.4) is 0 Å². The molecule has 0 radical (unpaired) electrons. The third-order valence-electron chi connectivity index (χ3n) is 2.44. The fourth-order valence-electron chi connectivity index (χ4n) is 1.24. The predicted molar refractivity (Wildman–Crippen MR) is 66.2 cm³/mol. The van der Waals surface area contributed by atoms with Crippen LogP contribution in [0.4, 0.5) is 10.1 Å². The molecule has 0 saturated carbocycles. The zero-order valence-corrected chi connectivity index (χ0v) is 10.3. The second kappa shape index (κ2) is 6.44. The van der Waals surface area contributed by atoms with Crippen LogP contribution in [0, 0.1) is 21.8 Å². The van der Waals surface area contributed by atoms with E-state index in [1.807, 2.05) is 6.92 Å². The van der Waals surface area contributed by atoms with Crippen LogP contribution in [0.1, 0.15) is 13.3 Å². The van der Waals surface area contributed by atoms with Gasteiger partial charge in [0.25, 0.3) is 0 Å². The van der Waals surface area contributed by atoms with Gasteiger partial charge in [0.2, 0.25) is 5.82 Å². The van der Waals surface area contributed by atoms with Gasteiger partial charge >= 0.3 is 5.69 Å². The van der Waals surface area contributed by atoms with Crippen molar-refractivity contribution in [2.75, 3.05) is 12.4 Å². The third-order valence-corrected chi connectivity index (χ3v) is 2.95. The van der Waals surface area contributed by atoms with Gasteiger partial charge in [0.15, 0.2) is 0 Å². The molecule has 0 aliphatic carbocycles. The summed E-state index contributed by atoms with van der Waals surface area (Å²) < 4.78 is 18.6. The number of thiol groups is 1. The molecule has 0 aliphatic heterocycles. The molecule has 94 valence electrons. The molecular weight excluding hydrogens is 245 g/mol. The second-order valence-corrected chi connectivity index (χ2v) is 4.00. The Morgan fingerprint density at radius 3 is 2.76 bits per heavy atom. The van der Waals surface area contributed by atoms with Gasteiger partial charge in [-0.1, -0.05) is 6.92 Å². The Hall–Kier alpha value is -1.30. The summed E-state index contributed by atoms with van der Waals surface area (Å²) in [5.41, 5.74) is -0.543. The van der Waals surface area contributed by atoms with Crippen LogP contribution in [-0.4, -0.2) is 17.3 Å². The number of hydrogen-bond acceptors (Lipinski definition) is 4. The molecule has 17 heavy (non-hydrogen) atoms. The number of ether oxygens (including phenoxy) is 1. The maximum atomic E-state index is 13.3. The van der Waals surface area contributed by atoms with Gasteiger partial charge in [0, 0.05) is 18.1 Å². The first kappa shape index (κ1) is 13.8. The van der Waals surface area contributed by atoms with Crippen LogP contribution in [-0.2, 0) is 0 Å². The minimum Gasteiger partial charge on any atom is -0.493 e. The van der Waals surface area contributed by atoms with Crippen LogP contribution >= 0.6 is 12.6 Å². The van der Waals surface area contributed by atoms with Crippen LogP contribution in [0.25, 0.3) is 0 Å². The van der Waals surface area contributed by atoms with E-state index in [-0.39, 0.29) is 5.92 Å². The zero-order chi connectivity index (χ0) is 12.8. The largest absolute Gasteiger partial charge is 0.493 e. The predicted octanol–water partition coefficient (Wildman–Crippen LogP) is 3.07. The van der Waals surface area contributed by atoms with Gasteiger partial charge in [-0.15, -0.1) is 0 Å². The fraction of sp³-hybridized carbons (Fsp3) is 0.455. The monoisotopic (exact) mass is 259 g/mol. The molecule has 0 aromatic heterocycles. The molecule has 1 aromatic rings. The molecule has 0 spiro atoms. The maximum Gasteiger partial charge on any atom is 0.305 e. The highest BCUT2D eigenvalue weighted by molar-refractivity contribution is 7.80. The minimum atomic E-state index is -0.883. The van der Waals surface area contributed by atoms with Crippen molar-refractivity contribution in [1.29, 1.82) is 0 Å². The Morgan fingerprint density at radius 1 is 1.59 bits per heavy atom. The highest BCUT2D eigenvalue weighted by Crippen LogP contribution is 2.22. The van der Waals surface area contributed by atoms with Gasteiger partial charge in [-0.2, -0.15) is 17.0 Å². The van der Waals surface area contributed by atoms with E-state index in [4.69, 9.17) is 4.74 Å². The molecule has 0 bridgehead atoms. The van der Waals surface area contributed by atoms with Crippen molar-refractivity contribution in [3.05, 3.63) is 34.1 Å². The zero-order valence-electron chi connectivity index (χ0n) is 9.43. The molecular formula is C11H14FNO3S. The summed E-state index contributed by atoms with van der Waals surface area (Å²) in [6.07, 6.45) is 0.916. The summed E-state index contributed by atoms with van der Waals surface area (Å²) in [5.74, 6) is 0.391. The first-order chi connectivity index (χ1) is 8.08. The molecule has 1 rings (SSSR count). The van der Waals surface area contributed by atoms with Crippen LogP contribution in [0.5, 0.6) is 5.75 Å². The number of benzene rings is 1. The highest BCUT2D eigenvalue weighted by Gasteiger charge is 2.14. The molecule has 0 amide bonds. The number of rotatable bonds is 6. The van der Waals surface area contributed by atoms with E-state index in [2.05, 4.69) is 12.6 Å². The summed E-state index contributed by atoms with van der Waals surface area (Å²) in [6.45, 7) is 2.44. The Labute approximate surface area is 104 Å². The van der Waals surface area contributed by atoms with E-state index < -0.39 is 16.4 Å². The average molecular weight is 259 g/mol. The molecule has 0 heterocycles. The van der Waals surface area contributed by atoms with Gasteiger partial charge in [-0.3, -0.25) is 10.1 Å². The molecule has 1 unspecified atom stereocenters. The van der Waals surface area contributed by atoms with Crippen molar-refractivity contribution in [1.82, 2.24) is 0 Å². The van der Waals surface area contributed by atoms with Crippen LogP contribution in [0.2, 0.25) is 0 Å². The number of nitro groups is 1. The fourth-order valence-corrected chi connectivity index (χ4v) is 1.60. The SMILES string of the molecule is CCC(CS)COc1ccc([N+](=O)[O-])c(F)c1. The number of nitro benzene ring substituents is 1. The Bertz CT molecular complexity index is 396. The van der Waals surface area contributed by atoms with Gasteiger partial charge in [0.05, 0.1) is 11.5 Å². The van der Waals surface area contributed by atoms with Crippen molar-refractivity contribution in [2.24, 2.45) is 5.92 Å². The molecule has 0 saturated heterocycles. The lowest BCUT2D eigenvalue weighted by Crippen LogP contribution is -2.12. The number of nitrogens with zero attached hydrogens (tertiary/aromatic N) is 1. The maximum absolute atomic E-state index is 13.3. The minimum absolute atomic E-state index is 0.289. The van der Waals surface area contributed by atoms with E-state index in [9.17, 15) is 14.5 Å². The normalized spacial score (nSPS) is 12.2. The van der Waals surface area contributed by atoms with Crippen molar-refractivity contribution in [3.8, 4) is 5.75 Å². The summed E-state index contributed by atoms with van der Waals surface area (Å²) in [5, 5.41) is 10.4. The van der Waals surface area contributed by atoms with Crippen LogP contribution in [0.15, 0.2) is 18.2 Å². The lowest BCUT2D eigenvalue weighted by atomic mass is 10.1. The summed E-state index contributed by atoms with van der Waals surface area (Å²) in [4.78, 5) is 9.64. The standard InChI is InChI=1S/C11H14FNO3S/c1-2-8(7-17)6-16-9-3-4-11(13(14)15)10(12)5-9/h3-5,8,17H,2,6-7H2,1H3. The average Bonchev–Trinajstić information content (AvgIpc) is 2.30. The van der Waals surface area contributed by atoms with E-state index in [0.717, 1.165) is 18.6 Å². The Balaban J connectivity index is 2.67. The summed E-state index contributed by atoms with van der Waals surface area (Å²) in [6, 6.07) is 3.53. The second-order valence-electron chi connectivity index (χ2n) is 3.64. The summed E-state index contributed by atoms with van der Waals surface area (Å²) >= 11 is 4.16. The quantitative estimate of drug-likeness (QED) is 0.485. The van der Waals surface area contributed by atoms with E-state index >= 15 is 0 Å². The molecule has 6 heteroatoms. The number of hydrogen-bond donors (Lipinski definition) is 1. The van der Waals surface area contributed by atoms with E-state index in [1.165, 1.54) is 6.07 Å². The molecule has 1 aromatic carbocycles. The van der Waals surface area contributed by atoms with Crippen LogP contribution < -0.4 is 4.74 Å². The van der Waals surface area contributed by atoms with Crippen molar-refractivity contribution in [2.45, 2.75) is 13.3 Å². The first-order valence-electron chi connectivity index (χ1n) is 5.26. The molecule has 0 fully saturated rings. The lowest BCUT2D eigenvalue weighted by Gasteiger charge is -2.13. The lowest BCUT2D eigenvalue weighted by molar-refractivity contribution is -0.387. The topological polar surface area (TPSA) is 52.4 Å². The number of halogens is 1. The third kappa shape index (κ3) is 3.89. The molecule has 0 N–H and O–H groups in total. The Kier molecular flexibility index (Phi) is 5.21. The van der Waals surface area contributed by atoms with Gasteiger partial charge in [-0.05, 0) is 18.2 Å². The smallest absolute Gasteiger partial charge is 0.305 e. The van der Waals surface area contributed by atoms with E-state index in [1.54, 1.807) is 0 Å². The van der Waals surface area contributed by atoms with Gasteiger partial charge < -0.3 is 4.74 Å².